The summed E-state index contributed by atoms with van der Waals surface area (Å²) in [5, 5.41) is 3.60. The molecule has 86 valence electrons. The number of ether oxygens (including phenoxy) is 1. The summed E-state index contributed by atoms with van der Waals surface area (Å²) < 4.78 is 5.25. The Morgan fingerprint density at radius 2 is 2.13 bits per heavy atom. The van der Waals surface area contributed by atoms with Crippen molar-refractivity contribution in [1.29, 1.82) is 0 Å². The maximum Gasteiger partial charge on any atom is 0.0667 e. The highest BCUT2D eigenvalue weighted by Gasteiger charge is 2.38. The molecule has 0 amide bonds. The summed E-state index contributed by atoms with van der Waals surface area (Å²) in [6.07, 6.45) is 7.94. The number of nitrogens with one attached hydrogen (secondary N) is 1. The van der Waals surface area contributed by atoms with Gasteiger partial charge in [-0.2, -0.15) is 0 Å². The van der Waals surface area contributed by atoms with Crippen LogP contribution in [0.15, 0.2) is 12.2 Å². The van der Waals surface area contributed by atoms with Crippen LogP contribution < -0.4 is 5.32 Å². The monoisotopic (exact) mass is 209 g/mol. The van der Waals surface area contributed by atoms with Crippen molar-refractivity contribution in [1.82, 2.24) is 5.32 Å². The highest BCUT2D eigenvalue weighted by molar-refractivity contribution is 5.11. The topological polar surface area (TPSA) is 21.3 Å². The van der Waals surface area contributed by atoms with E-state index in [0.29, 0.717) is 12.1 Å². The van der Waals surface area contributed by atoms with Crippen molar-refractivity contribution in [3.8, 4) is 0 Å². The minimum Gasteiger partial charge on any atom is -0.380 e. The van der Waals surface area contributed by atoms with Gasteiger partial charge in [-0.3, -0.25) is 0 Å². The quantitative estimate of drug-likeness (QED) is 0.701. The first-order valence-electron chi connectivity index (χ1n) is 6.15. The van der Waals surface area contributed by atoms with Crippen LogP contribution >= 0.6 is 0 Å². The Hall–Kier alpha value is -0.340. The second-order valence-corrected chi connectivity index (χ2v) is 5.19. The summed E-state index contributed by atoms with van der Waals surface area (Å²) in [6.45, 7) is 5.40. The van der Waals surface area contributed by atoms with Crippen LogP contribution in [0.2, 0.25) is 0 Å². The molecule has 1 N–H and O–H groups in total. The number of hydrogen-bond acceptors (Lipinski definition) is 2. The summed E-state index contributed by atoms with van der Waals surface area (Å²) in [7, 11) is 1.78. The average Bonchev–Trinajstić information content (AvgIpc) is 2.86. The molecule has 0 heterocycles. The SMILES string of the molecule is COC(C)CNC(C)C1CC2C=CC1C2. The van der Waals surface area contributed by atoms with E-state index in [0.717, 1.165) is 24.3 Å². The summed E-state index contributed by atoms with van der Waals surface area (Å²) in [5.41, 5.74) is 0. The van der Waals surface area contributed by atoms with E-state index in [9.17, 15) is 0 Å². The highest BCUT2D eigenvalue weighted by Crippen LogP contribution is 2.44. The maximum absolute atomic E-state index is 5.25. The summed E-state index contributed by atoms with van der Waals surface area (Å²) in [4.78, 5) is 0. The normalized spacial score (nSPS) is 37.1. The molecule has 0 aromatic carbocycles. The van der Waals surface area contributed by atoms with Crippen LogP contribution in [0.25, 0.3) is 0 Å². The minimum atomic E-state index is 0.321. The molecular weight excluding hydrogens is 186 g/mol. The standard InChI is InChI=1S/C13H23NO/c1-9(15-3)8-14-10(2)13-7-11-4-5-12(13)6-11/h4-5,9-14H,6-8H2,1-3H3. The molecule has 2 aliphatic carbocycles. The van der Waals surface area contributed by atoms with Gasteiger partial charge in [0.15, 0.2) is 0 Å². The van der Waals surface area contributed by atoms with E-state index in [1.807, 2.05) is 0 Å². The van der Waals surface area contributed by atoms with Crippen molar-refractivity contribution in [3.63, 3.8) is 0 Å². The van der Waals surface area contributed by atoms with Crippen LogP contribution in [0.3, 0.4) is 0 Å². The van der Waals surface area contributed by atoms with E-state index in [-0.39, 0.29) is 0 Å². The summed E-state index contributed by atoms with van der Waals surface area (Å²) >= 11 is 0. The van der Waals surface area contributed by atoms with Crippen LogP contribution in [-0.4, -0.2) is 25.8 Å². The van der Waals surface area contributed by atoms with Crippen LogP contribution in [0.4, 0.5) is 0 Å². The smallest absolute Gasteiger partial charge is 0.0667 e. The molecule has 1 fully saturated rings. The third-order valence-electron chi connectivity index (χ3n) is 4.10. The molecule has 5 atom stereocenters. The first kappa shape index (κ1) is 11.2. The molecule has 2 heteroatoms. The Kier molecular flexibility index (Phi) is 3.47. The van der Waals surface area contributed by atoms with E-state index in [1.165, 1.54) is 12.8 Å². The van der Waals surface area contributed by atoms with Gasteiger partial charge in [0.2, 0.25) is 0 Å². The number of allylic oxidation sites excluding steroid dienone is 2. The van der Waals surface area contributed by atoms with Crippen molar-refractivity contribution in [2.24, 2.45) is 17.8 Å². The fourth-order valence-electron chi connectivity index (χ4n) is 2.98. The lowest BCUT2D eigenvalue weighted by molar-refractivity contribution is 0.111. The zero-order valence-electron chi connectivity index (χ0n) is 10.1. The Bertz CT molecular complexity index is 239. The van der Waals surface area contributed by atoms with E-state index in [2.05, 4.69) is 31.3 Å². The van der Waals surface area contributed by atoms with E-state index < -0.39 is 0 Å². The van der Waals surface area contributed by atoms with Gasteiger partial charge >= 0.3 is 0 Å². The molecule has 2 rings (SSSR count). The van der Waals surface area contributed by atoms with Gasteiger partial charge in [0.05, 0.1) is 6.10 Å². The second-order valence-electron chi connectivity index (χ2n) is 5.19. The summed E-state index contributed by atoms with van der Waals surface area (Å²) in [5.74, 6) is 2.57. The Morgan fingerprint density at radius 1 is 1.33 bits per heavy atom. The Balaban J connectivity index is 1.77. The molecular formula is C13H23NO. The van der Waals surface area contributed by atoms with Crippen molar-refractivity contribution < 1.29 is 4.74 Å². The predicted molar refractivity (Wildman–Crippen MR) is 62.8 cm³/mol. The first-order chi connectivity index (χ1) is 7.20. The fourth-order valence-corrected chi connectivity index (χ4v) is 2.98. The molecule has 0 radical (unpaired) electrons. The van der Waals surface area contributed by atoms with Crippen LogP contribution in [0.5, 0.6) is 0 Å². The van der Waals surface area contributed by atoms with Crippen molar-refractivity contribution in [3.05, 3.63) is 12.2 Å². The molecule has 2 bridgehead atoms. The lowest BCUT2D eigenvalue weighted by Gasteiger charge is -2.27. The van der Waals surface area contributed by atoms with Crippen LogP contribution in [0.1, 0.15) is 26.7 Å². The van der Waals surface area contributed by atoms with Crippen molar-refractivity contribution >= 4 is 0 Å². The molecule has 2 aliphatic rings. The third-order valence-corrected chi connectivity index (χ3v) is 4.10. The predicted octanol–water partition coefficient (Wildman–Crippen LogP) is 2.21. The largest absolute Gasteiger partial charge is 0.380 e. The van der Waals surface area contributed by atoms with Crippen LogP contribution in [-0.2, 0) is 4.74 Å². The molecule has 5 unspecified atom stereocenters. The number of methoxy groups -OCH3 is 1. The van der Waals surface area contributed by atoms with Gasteiger partial charge in [0, 0.05) is 19.7 Å². The van der Waals surface area contributed by atoms with E-state index in [1.54, 1.807) is 7.11 Å². The van der Waals surface area contributed by atoms with Gasteiger partial charge < -0.3 is 10.1 Å². The van der Waals surface area contributed by atoms with Gasteiger partial charge in [-0.15, -0.1) is 0 Å². The zero-order chi connectivity index (χ0) is 10.8. The van der Waals surface area contributed by atoms with Gasteiger partial charge in [-0.25, -0.2) is 0 Å². The second kappa shape index (κ2) is 4.67. The Labute approximate surface area is 93.1 Å². The molecule has 0 aromatic rings. The number of hydrogen-bond donors (Lipinski definition) is 1. The number of fused-ring (bicyclic) bond motifs is 2. The maximum atomic E-state index is 5.25. The van der Waals surface area contributed by atoms with E-state index in [4.69, 9.17) is 4.74 Å². The van der Waals surface area contributed by atoms with Gasteiger partial charge in [-0.1, -0.05) is 12.2 Å². The first-order valence-corrected chi connectivity index (χ1v) is 6.15. The zero-order valence-corrected chi connectivity index (χ0v) is 10.1. The van der Waals surface area contributed by atoms with Gasteiger partial charge in [0.25, 0.3) is 0 Å². The summed E-state index contributed by atoms with van der Waals surface area (Å²) in [6, 6.07) is 0.627. The molecule has 0 saturated heterocycles. The van der Waals surface area contributed by atoms with Crippen LogP contribution in [0, 0.1) is 17.8 Å². The fraction of sp³-hybridized carbons (Fsp3) is 0.846. The van der Waals surface area contributed by atoms with Crippen molar-refractivity contribution in [2.75, 3.05) is 13.7 Å². The molecule has 15 heavy (non-hydrogen) atoms. The number of rotatable bonds is 5. The van der Waals surface area contributed by atoms with Gasteiger partial charge in [-0.05, 0) is 44.4 Å². The Morgan fingerprint density at radius 3 is 2.67 bits per heavy atom. The van der Waals surface area contributed by atoms with Gasteiger partial charge in [0.1, 0.15) is 0 Å². The molecule has 2 nitrogen and oxygen atoms in total. The molecule has 0 aliphatic heterocycles. The van der Waals surface area contributed by atoms with E-state index >= 15 is 0 Å². The molecule has 0 aromatic heterocycles. The lowest BCUT2D eigenvalue weighted by Crippen LogP contribution is -2.39. The minimum absolute atomic E-state index is 0.321. The highest BCUT2D eigenvalue weighted by atomic mass is 16.5. The molecule has 0 spiro atoms. The average molecular weight is 209 g/mol. The third kappa shape index (κ3) is 2.43. The lowest BCUT2D eigenvalue weighted by atomic mass is 9.87. The molecule has 1 saturated carbocycles. The van der Waals surface area contributed by atoms with Crippen molar-refractivity contribution in [2.45, 2.75) is 38.8 Å².